The summed E-state index contributed by atoms with van der Waals surface area (Å²) in [5.74, 6) is -1.83. The molecule has 0 aromatic carbocycles. The molecule has 2 fully saturated rings. The number of nitrogens with two attached hydrogens (primary N) is 1. The Kier molecular flexibility index (Phi) is 6.47. The van der Waals surface area contributed by atoms with E-state index in [1.807, 2.05) is 0 Å². The van der Waals surface area contributed by atoms with Crippen LogP contribution in [0.25, 0.3) is 0 Å². The van der Waals surface area contributed by atoms with Gasteiger partial charge >= 0.3 is 13.1 Å². The third-order valence-corrected chi connectivity index (χ3v) is 7.20. The summed E-state index contributed by atoms with van der Waals surface area (Å²) in [4.78, 5) is 11.7. The zero-order valence-electron chi connectivity index (χ0n) is 14.3. The van der Waals surface area contributed by atoms with Crippen molar-refractivity contribution in [1.29, 1.82) is 0 Å². The Labute approximate surface area is 148 Å². The van der Waals surface area contributed by atoms with Crippen molar-refractivity contribution in [2.75, 3.05) is 33.2 Å². The molecule has 0 spiro atoms. The van der Waals surface area contributed by atoms with E-state index in [4.69, 9.17) is 15.8 Å². The molecule has 0 bridgehead atoms. The zero-order valence-corrected chi connectivity index (χ0v) is 15.2. The molecular weight excluding hydrogens is 351 g/mol. The molecule has 10 nitrogen and oxygen atoms in total. The van der Waals surface area contributed by atoms with Gasteiger partial charge in [0, 0.05) is 38.6 Å². The number of hydrogen-bond acceptors (Lipinski definition) is 7. The van der Waals surface area contributed by atoms with Crippen LogP contribution in [-0.4, -0.2) is 90.1 Å². The van der Waals surface area contributed by atoms with Crippen molar-refractivity contribution in [2.45, 2.75) is 37.2 Å². The molecule has 2 saturated heterocycles. The second kappa shape index (κ2) is 7.86. The normalized spacial score (nSPS) is 30.9. The number of nitrogens with one attached hydrogen (secondary N) is 1. The second-order valence-electron chi connectivity index (χ2n) is 6.92. The Balaban J connectivity index is 2.12. The van der Waals surface area contributed by atoms with E-state index in [1.165, 1.54) is 11.4 Å². The van der Waals surface area contributed by atoms with Crippen molar-refractivity contribution in [1.82, 2.24) is 13.9 Å². The van der Waals surface area contributed by atoms with Gasteiger partial charge in [-0.3, -0.25) is 4.79 Å². The summed E-state index contributed by atoms with van der Waals surface area (Å²) in [5, 5.41) is 30.5. The van der Waals surface area contributed by atoms with Gasteiger partial charge in [0.15, 0.2) is 0 Å². The van der Waals surface area contributed by atoms with E-state index in [1.54, 1.807) is 0 Å². The standard InChI is InChI=1S/C13H27BN4O6S/c1-17(11-4-6-16-7-11)25(23,24)18-8-10(3-2-5-14(21)22)13(15,9-18)12(19)20/h10-11,16,21-22H,2-9,15H2,1H3,(H,19,20)/t10-,11+,13-/m0/s1. The summed E-state index contributed by atoms with van der Waals surface area (Å²) in [6.07, 6.45) is 1.45. The van der Waals surface area contributed by atoms with E-state index in [-0.39, 0.29) is 25.5 Å². The van der Waals surface area contributed by atoms with Crippen LogP contribution in [-0.2, 0) is 15.0 Å². The minimum Gasteiger partial charge on any atom is -0.480 e. The Morgan fingerprint density at radius 2 is 2.16 bits per heavy atom. The molecule has 0 aromatic rings. The van der Waals surface area contributed by atoms with Gasteiger partial charge in [0.25, 0.3) is 10.2 Å². The molecule has 0 aliphatic carbocycles. The third-order valence-electron chi connectivity index (χ3n) is 5.24. The Bertz CT molecular complexity index is 585. The number of rotatable bonds is 8. The number of carboxylic acids is 1. The van der Waals surface area contributed by atoms with Crippen LogP contribution in [0, 0.1) is 5.92 Å². The van der Waals surface area contributed by atoms with Crippen LogP contribution in [0.2, 0.25) is 6.32 Å². The van der Waals surface area contributed by atoms with Crippen molar-refractivity contribution in [2.24, 2.45) is 11.7 Å². The maximum absolute atomic E-state index is 12.9. The zero-order chi connectivity index (χ0) is 18.8. The van der Waals surface area contributed by atoms with Gasteiger partial charge in [-0.1, -0.05) is 6.42 Å². The summed E-state index contributed by atoms with van der Waals surface area (Å²) in [7, 11) is -3.79. The highest BCUT2D eigenvalue weighted by molar-refractivity contribution is 7.86. The van der Waals surface area contributed by atoms with Gasteiger partial charge in [-0.25, -0.2) is 0 Å². The lowest BCUT2D eigenvalue weighted by molar-refractivity contribution is -0.144. The van der Waals surface area contributed by atoms with Crippen LogP contribution >= 0.6 is 0 Å². The minimum absolute atomic E-state index is 0.0111. The van der Waals surface area contributed by atoms with Gasteiger partial charge in [0.05, 0.1) is 0 Å². The fourth-order valence-electron chi connectivity index (χ4n) is 3.53. The van der Waals surface area contributed by atoms with Gasteiger partial charge in [-0.15, -0.1) is 0 Å². The highest BCUT2D eigenvalue weighted by Crippen LogP contribution is 2.33. The van der Waals surface area contributed by atoms with E-state index >= 15 is 0 Å². The SMILES string of the molecule is CN([C@@H]1CCNC1)S(=O)(=O)N1C[C@H](CCCB(O)O)[C@](N)(C(=O)O)C1. The van der Waals surface area contributed by atoms with Gasteiger partial charge in [-0.05, 0) is 25.7 Å². The van der Waals surface area contributed by atoms with E-state index in [2.05, 4.69) is 5.32 Å². The van der Waals surface area contributed by atoms with Gasteiger partial charge in [0.1, 0.15) is 5.54 Å². The predicted octanol–water partition coefficient (Wildman–Crippen LogP) is -2.51. The first-order chi connectivity index (χ1) is 11.6. The lowest BCUT2D eigenvalue weighted by Gasteiger charge is -2.28. The molecule has 0 radical (unpaired) electrons. The van der Waals surface area contributed by atoms with Crippen LogP contribution < -0.4 is 11.1 Å². The van der Waals surface area contributed by atoms with Crippen molar-refractivity contribution in [3.05, 3.63) is 0 Å². The third kappa shape index (κ3) is 4.33. The Morgan fingerprint density at radius 1 is 1.48 bits per heavy atom. The lowest BCUT2D eigenvalue weighted by Crippen LogP contribution is -2.55. The molecule has 12 heteroatoms. The van der Waals surface area contributed by atoms with E-state index in [0.29, 0.717) is 25.8 Å². The van der Waals surface area contributed by atoms with Crippen molar-refractivity contribution < 1.29 is 28.4 Å². The molecule has 0 unspecified atom stereocenters. The highest BCUT2D eigenvalue weighted by Gasteiger charge is 2.53. The topological polar surface area (TPSA) is 156 Å². The molecule has 144 valence electrons. The van der Waals surface area contributed by atoms with Crippen LogP contribution in [0.5, 0.6) is 0 Å². The largest absolute Gasteiger partial charge is 0.480 e. The molecule has 2 aliphatic rings. The maximum atomic E-state index is 12.9. The number of carbonyl (C=O) groups is 1. The summed E-state index contributed by atoms with van der Waals surface area (Å²) >= 11 is 0. The molecule has 2 rings (SSSR count). The van der Waals surface area contributed by atoms with Gasteiger partial charge < -0.3 is 26.2 Å². The number of carboxylic acid groups (broad SMARTS) is 1. The maximum Gasteiger partial charge on any atom is 0.451 e. The molecule has 0 amide bonds. The number of aliphatic carboxylic acids is 1. The Hall–Kier alpha value is -0.755. The molecule has 0 aromatic heterocycles. The first kappa shape index (κ1) is 20.6. The van der Waals surface area contributed by atoms with Crippen molar-refractivity contribution >= 4 is 23.3 Å². The first-order valence-electron chi connectivity index (χ1n) is 8.41. The monoisotopic (exact) mass is 378 g/mol. The molecule has 3 atom stereocenters. The predicted molar refractivity (Wildman–Crippen MR) is 91.8 cm³/mol. The van der Waals surface area contributed by atoms with Crippen LogP contribution in [0.3, 0.4) is 0 Å². The van der Waals surface area contributed by atoms with Crippen LogP contribution in [0.15, 0.2) is 0 Å². The van der Waals surface area contributed by atoms with Crippen LogP contribution in [0.1, 0.15) is 19.3 Å². The summed E-state index contributed by atoms with van der Waals surface area (Å²) in [6, 6.07) is -0.161. The summed E-state index contributed by atoms with van der Waals surface area (Å²) in [5.41, 5.74) is 4.36. The highest BCUT2D eigenvalue weighted by atomic mass is 32.2. The summed E-state index contributed by atoms with van der Waals surface area (Å²) in [6.45, 7) is 1.03. The smallest absolute Gasteiger partial charge is 0.451 e. The van der Waals surface area contributed by atoms with E-state index in [9.17, 15) is 18.3 Å². The van der Waals surface area contributed by atoms with E-state index in [0.717, 1.165) is 10.8 Å². The molecular formula is C13H27BN4O6S. The number of hydrogen-bond donors (Lipinski definition) is 5. The van der Waals surface area contributed by atoms with Crippen molar-refractivity contribution in [3.63, 3.8) is 0 Å². The number of nitrogens with zero attached hydrogens (tertiary/aromatic N) is 2. The quantitative estimate of drug-likeness (QED) is 0.290. The van der Waals surface area contributed by atoms with Gasteiger partial charge in [0.2, 0.25) is 0 Å². The molecule has 2 heterocycles. The average Bonchev–Trinajstić information content (AvgIpc) is 3.15. The second-order valence-corrected chi connectivity index (χ2v) is 8.91. The molecule has 2 aliphatic heterocycles. The fraction of sp³-hybridized carbons (Fsp3) is 0.923. The van der Waals surface area contributed by atoms with Gasteiger partial charge in [-0.2, -0.15) is 17.0 Å². The van der Waals surface area contributed by atoms with Crippen molar-refractivity contribution in [3.8, 4) is 0 Å². The van der Waals surface area contributed by atoms with Crippen LogP contribution in [0.4, 0.5) is 0 Å². The average molecular weight is 378 g/mol. The number of likely N-dealkylation sites (N-methyl/N-ethyl adjacent to an activating group) is 1. The molecule has 6 N–H and O–H groups in total. The lowest BCUT2D eigenvalue weighted by atomic mass is 9.78. The molecule has 0 saturated carbocycles. The first-order valence-corrected chi connectivity index (χ1v) is 9.81. The van der Waals surface area contributed by atoms with E-state index < -0.39 is 34.8 Å². The summed E-state index contributed by atoms with van der Waals surface area (Å²) < 4.78 is 28.1. The Morgan fingerprint density at radius 3 is 2.68 bits per heavy atom. The minimum atomic E-state index is -3.82. The fourth-order valence-corrected chi connectivity index (χ4v) is 5.19. The molecule has 25 heavy (non-hydrogen) atoms.